The summed E-state index contributed by atoms with van der Waals surface area (Å²) in [4.78, 5) is 14.0. The highest BCUT2D eigenvalue weighted by molar-refractivity contribution is 5.82. The molecule has 15 heavy (non-hydrogen) atoms. The highest BCUT2D eigenvalue weighted by Crippen LogP contribution is 2.16. The molecular weight excluding hydrogens is 186 g/mol. The smallest absolute Gasteiger partial charge is 0.138 e. The van der Waals surface area contributed by atoms with Crippen molar-refractivity contribution in [3.05, 3.63) is 0 Å². The highest BCUT2D eigenvalue weighted by atomic mass is 16.1. The SMILES string of the molecule is CCCCCCN1CCC(=O)C(CC)C1. The van der Waals surface area contributed by atoms with Gasteiger partial charge in [-0.05, 0) is 19.4 Å². The first-order valence-corrected chi connectivity index (χ1v) is 6.53. The lowest BCUT2D eigenvalue weighted by Gasteiger charge is -2.31. The van der Waals surface area contributed by atoms with Crippen LogP contribution in [0.1, 0.15) is 52.4 Å². The number of unbranched alkanes of at least 4 members (excludes halogenated alkanes) is 3. The standard InChI is InChI=1S/C13H25NO/c1-3-5-6-7-9-14-10-8-13(15)12(4-2)11-14/h12H,3-11H2,1-2H3. The van der Waals surface area contributed by atoms with Crippen molar-refractivity contribution in [1.82, 2.24) is 4.90 Å². The molecule has 0 aromatic rings. The molecule has 1 heterocycles. The minimum Gasteiger partial charge on any atom is -0.302 e. The van der Waals surface area contributed by atoms with Gasteiger partial charge >= 0.3 is 0 Å². The zero-order valence-electron chi connectivity index (χ0n) is 10.3. The van der Waals surface area contributed by atoms with Gasteiger partial charge in [0.25, 0.3) is 0 Å². The van der Waals surface area contributed by atoms with E-state index >= 15 is 0 Å². The average molecular weight is 211 g/mol. The molecule has 0 aliphatic carbocycles. The third-order valence-corrected chi connectivity index (χ3v) is 3.43. The van der Waals surface area contributed by atoms with Crippen LogP contribution in [-0.4, -0.2) is 30.3 Å². The zero-order chi connectivity index (χ0) is 11.1. The summed E-state index contributed by atoms with van der Waals surface area (Å²) in [5.41, 5.74) is 0. The van der Waals surface area contributed by atoms with Crippen molar-refractivity contribution in [3.63, 3.8) is 0 Å². The predicted octanol–water partition coefficient (Wildman–Crippen LogP) is 2.87. The van der Waals surface area contributed by atoms with Crippen LogP contribution in [0.15, 0.2) is 0 Å². The van der Waals surface area contributed by atoms with Crippen molar-refractivity contribution in [2.45, 2.75) is 52.4 Å². The summed E-state index contributed by atoms with van der Waals surface area (Å²) in [6, 6.07) is 0. The average Bonchev–Trinajstić information content (AvgIpc) is 2.26. The maximum atomic E-state index is 11.5. The Balaban J connectivity index is 2.17. The Morgan fingerprint density at radius 1 is 1.27 bits per heavy atom. The molecular formula is C13H25NO. The Morgan fingerprint density at radius 2 is 2.07 bits per heavy atom. The topological polar surface area (TPSA) is 20.3 Å². The van der Waals surface area contributed by atoms with Crippen LogP contribution in [0.2, 0.25) is 0 Å². The fourth-order valence-electron chi connectivity index (χ4n) is 2.30. The zero-order valence-corrected chi connectivity index (χ0v) is 10.3. The van der Waals surface area contributed by atoms with E-state index < -0.39 is 0 Å². The van der Waals surface area contributed by atoms with E-state index in [1.54, 1.807) is 0 Å². The molecule has 0 amide bonds. The normalized spacial score (nSPS) is 23.3. The van der Waals surface area contributed by atoms with Crippen molar-refractivity contribution in [3.8, 4) is 0 Å². The third-order valence-electron chi connectivity index (χ3n) is 3.43. The van der Waals surface area contributed by atoms with Crippen LogP contribution in [0.4, 0.5) is 0 Å². The highest BCUT2D eigenvalue weighted by Gasteiger charge is 2.24. The Hall–Kier alpha value is -0.370. The van der Waals surface area contributed by atoms with Gasteiger partial charge in [0.15, 0.2) is 0 Å². The Labute approximate surface area is 94.0 Å². The molecule has 1 rings (SSSR count). The lowest BCUT2D eigenvalue weighted by Crippen LogP contribution is -2.40. The molecule has 0 radical (unpaired) electrons. The fourth-order valence-corrected chi connectivity index (χ4v) is 2.30. The molecule has 2 heteroatoms. The van der Waals surface area contributed by atoms with Gasteiger partial charge in [0.05, 0.1) is 0 Å². The van der Waals surface area contributed by atoms with Crippen LogP contribution in [0.3, 0.4) is 0 Å². The minimum atomic E-state index is 0.324. The van der Waals surface area contributed by atoms with Gasteiger partial charge in [-0.1, -0.05) is 33.1 Å². The molecule has 0 N–H and O–H groups in total. The van der Waals surface area contributed by atoms with Crippen LogP contribution >= 0.6 is 0 Å². The van der Waals surface area contributed by atoms with E-state index in [1.165, 1.54) is 32.2 Å². The summed E-state index contributed by atoms with van der Waals surface area (Å²) in [6.07, 6.45) is 7.10. The first-order chi connectivity index (χ1) is 7.27. The molecule has 0 aromatic heterocycles. The molecule has 0 bridgehead atoms. The summed E-state index contributed by atoms with van der Waals surface area (Å²) in [6.45, 7) is 7.59. The van der Waals surface area contributed by atoms with Crippen LogP contribution in [0.25, 0.3) is 0 Å². The minimum absolute atomic E-state index is 0.324. The summed E-state index contributed by atoms with van der Waals surface area (Å²) in [7, 11) is 0. The van der Waals surface area contributed by atoms with Crippen molar-refractivity contribution in [1.29, 1.82) is 0 Å². The van der Waals surface area contributed by atoms with Crippen LogP contribution < -0.4 is 0 Å². The van der Waals surface area contributed by atoms with Crippen LogP contribution in [0, 0.1) is 5.92 Å². The van der Waals surface area contributed by atoms with E-state index in [1.807, 2.05) is 0 Å². The van der Waals surface area contributed by atoms with Gasteiger partial charge in [-0.25, -0.2) is 0 Å². The van der Waals surface area contributed by atoms with Crippen LogP contribution in [-0.2, 0) is 4.79 Å². The summed E-state index contributed by atoms with van der Waals surface area (Å²) >= 11 is 0. The molecule has 0 saturated carbocycles. The first kappa shape index (κ1) is 12.7. The second kappa shape index (κ2) is 7.00. The molecule has 1 fully saturated rings. The number of piperidine rings is 1. The van der Waals surface area contributed by atoms with E-state index in [4.69, 9.17) is 0 Å². The largest absolute Gasteiger partial charge is 0.302 e. The molecule has 1 saturated heterocycles. The van der Waals surface area contributed by atoms with Gasteiger partial charge in [0.2, 0.25) is 0 Å². The molecule has 1 atom stereocenters. The molecule has 2 nitrogen and oxygen atoms in total. The molecule has 0 aromatic carbocycles. The lowest BCUT2D eigenvalue weighted by atomic mass is 9.94. The molecule has 1 aliphatic rings. The number of rotatable bonds is 6. The number of hydrogen-bond acceptors (Lipinski definition) is 2. The Kier molecular flexibility index (Phi) is 5.92. The number of ketones is 1. The number of likely N-dealkylation sites (tertiary alicyclic amines) is 1. The van der Waals surface area contributed by atoms with Crippen LogP contribution in [0.5, 0.6) is 0 Å². The number of Topliss-reactive ketones (excluding diaryl/α,β-unsaturated/α-hetero) is 1. The number of hydrogen-bond donors (Lipinski definition) is 0. The van der Waals surface area contributed by atoms with E-state index in [-0.39, 0.29) is 0 Å². The second-order valence-corrected chi connectivity index (χ2v) is 4.68. The summed E-state index contributed by atoms with van der Waals surface area (Å²) in [5, 5.41) is 0. The van der Waals surface area contributed by atoms with Gasteiger partial charge < -0.3 is 4.90 Å². The van der Waals surface area contributed by atoms with E-state index in [9.17, 15) is 4.79 Å². The Morgan fingerprint density at radius 3 is 2.73 bits per heavy atom. The van der Waals surface area contributed by atoms with Gasteiger partial charge in [0, 0.05) is 25.4 Å². The van der Waals surface area contributed by atoms with E-state index in [0.717, 1.165) is 25.9 Å². The van der Waals surface area contributed by atoms with Crippen molar-refractivity contribution in [2.24, 2.45) is 5.92 Å². The second-order valence-electron chi connectivity index (χ2n) is 4.68. The molecule has 0 spiro atoms. The number of carbonyl (C=O) groups excluding carboxylic acids is 1. The Bertz CT molecular complexity index is 191. The maximum Gasteiger partial charge on any atom is 0.138 e. The van der Waals surface area contributed by atoms with Gasteiger partial charge in [-0.2, -0.15) is 0 Å². The third kappa shape index (κ3) is 4.33. The van der Waals surface area contributed by atoms with Crippen molar-refractivity contribution < 1.29 is 4.79 Å². The lowest BCUT2D eigenvalue weighted by molar-refractivity contribution is -0.126. The molecule has 1 unspecified atom stereocenters. The molecule has 88 valence electrons. The summed E-state index contributed by atoms with van der Waals surface area (Å²) in [5.74, 6) is 0.812. The van der Waals surface area contributed by atoms with E-state index in [0.29, 0.717) is 11.7 Å². The van der Waals surface area contributed by atoms with Gasteiger partial charge in [-0.15, -0.1) is 0 Å². The maximum absolute atomic E-state index is 11.5. The summed E-state index contributed by atoms with van der Waals surface area (Å²) < 4.78 is 0. The monoisotopic (exact) mass is 211 g/mol. The molecule has 1 aliphatic heterocycles. The van der Waals surface area contributed by atoms with E-state index in [2.05, 4.69) is 18.7 Å². The fraction of sp³-hybridized carbons (Fsp3) is 0.923. The quantitative estimate of drug-likeness (QED) is 0.630. The number of carbonyl (C=O) groups is 1. The van der Waals surface area contributed by atoms with Crippen molar-refractivity contribution in [2.75, 3.05) is 19.6 Å². The predicted molar refractivity (Wildman–Crippen MR) is 64.0 cm³/mol. The first-order valence-electron chi connectivity index (χ1n) is 6.53. The van der Waals surface area contributed by atoms with Crippen molar-refractivity contribution >= 4 is 5.78 Å². The number of nitrogens with zero attached hydrogens (tertiary/aromatic N) is 1. The van der Waals surface area contributed by atoms with Gasteiger partial charge in [0.1, 0.15) is 5.78 Å². The van der Waals surface area contributed by atoms with Gasteiger partial charge in [-0.3, -0.25) is 4.79 Å².